The quantitative estimate of drug-likeness (QED) is 0.177. The molecule has 0 saturated carbocycles. The lowest BCUT2D eigenvalue weighted by Crippen LogP contribution is -1.97. The maximum Gasteiger partial charge on any atom is 0.215 e. The van der Waals surface area contributed by atoms with Gasteiger partial charge in [0.05, 0.1) is 38.7 Å². The molecule has 6 aromatic heterocycles. The minimum atomic E-state index is 0.814. The van der Waals surface area contributed by atoms with E-state index in [0.29, 0.717) is 0 Å². The van der Waals surface area contributed by atoms with Crippen LogP contribution in [0.5, 0.6) is 0 Å². The van der Waals surface area contributed by atoms with Crippen molar-refractivity contribution in [1.29, 1.82) is 0 Å². The molecule has 0 bridgehead atoms. The van der Waals surface area contributed by atoms with E-state index in [0.717, 1.165) is 55.5 Å². The normalized spacial score (nSPS) is 12.5. The predicted molar refractivity (Wildman–Crippen MR) is 304 cm³/mol. The van der Waals surface area contributed by atoms with Crippen LogP contribution in [0.15, 0.2) is 217 Å². The molecular formula is C65H35N3OS2. The third kappa shape index (κ3) is 5.04. The van der Waals surface area contributed by atoms with E-state index in [4.69, 9.17) is 9.40 Å². The van der Waals surface area contributed by atoms with Crippen molar-refractivity contribution >= 4 is 161 Å². The van der Waals surface area contributed by atoms with E-state index in [9.17, 15) is 0 Å². The second-order valence-corrected chi connectivity index (χ2v) is 21.1. The molecule has 0 aliphatic heterocycles. The van der Waals surface area contributed by atoms with Crippen LogP contribution in [0, 0.1) is 0 Å². The largest absolute Gasteiger partial charge is 0.422 e. The lowest BCUT2D eigenvalue weighted by molar-refractivity contribution is 0.625. The molecule has 0 saturated heterocycles. The summed E-state index contributed by atoms with van der Waals surface area (Å²) in [7, 11) is 0. The first-order chi connectivity index (χ1) is 35.2. The Morgan fingerprint density at radius 1 is 0.352 bits per heavy atom. The number of hydrogen-bond donors (Lipinski definition) is 0. The van der Waals surface area contributed by atoms with Crippen molar-refractivity contribution in [3.05, 3.63) is 212 Å². The average Bonchev–Trinajstić information content (AvgIpc) is 4.24. The van der Waals surface area contributed by atoms with Gasteiger partial charge in [-0.15, -0.1) is 22.7 Å². The standard InChI is InChI=1S/C65H35N3OS2/c1-3-16-40-36(13-1)27-30-51-57(40)61-62-58-45-21-7-5-18-42(45)49(48-24-11-23-47-44-20-9-10-25-54(44)71-63(47)48)34-53(58)68(65(62)69-64(61)67(51)39-29-26-38-15-12-32-66-50(38)33-39)52-35-56-60(46-22-8-6-19-43(46)52)59-41-17-4-2-14-37(41)28-31-55(59)70-56/h1-35H. The SMILES string of the molecule is c1cnc2cc(-n3c4ccc5ccccc5c4c4c5c6c7ccccc7c(-c7cccc8c7sc7ccccc78)cc6n(-c6cc7sc8ccc9ccccc9c8c7c7ccccc67)c5oc43)ccc2c1. The highest BCUT2D eigenvalue weighted by Crippen LogP contribution is 2.52. The number of aromatic nitrogens is 3. The Morgan fingerprint density at radius 2 is 0.972 bits per heavy atom. The molecule has 4 nitrogen and oxygen atoms in total. The summed E-state index contributed by atoms with van der Waals surface area (Å²) in [5.74, 6) is 0. The Hall–Kier alpha value is -8.81. The number of benzene rings is 11. The topological polar surface area (TPSA) is 35.9 Å². The second kappa shape index (κ2) is 13.9. The minimum Gasteiger partial charge on any atom is -0.422 e. The van der Waals surface area contributed by atoms with Crippen molar-refractivity contribution in [2.75, 3.05) is 0 Å². The first-order valence-electron chi connectivity index (χ1n) is 24.1. The van der Waals surface area contributed by atoms with E-state index in [-0.39, 0.29) is 0 Å². The van der Waals surface area contributed by atoms with E-state index in [1.165, 1.54) is 105 Å². The van der Waals surface area contributed by atoms with Crippen LogP contribution in [0.4, 0.5) is 0 Å². The maximum atomic E-state index is 7.75. The maximum absolute atomic E-state index is 7.75. The van der Waals surface area contributed by atoms with Crippen molar-refractivity contribution in [2.45, 2.75) is 0 Å². The van der Waals surface area contributed by atoms with Gasteiger partial charge in [-0.25, -0.2) is 0 Å². The van der Waals surface area contributed by atoms with Crippen LogP contribution in [0.3, 0.4) is 0 Å². The van der Waals surface area contributed by atoms with Crippen molar-refractivity contribution in [1.82, 2.24) is 14.1 Å². The third-order valence-corrected chi connectivity index (χ3v) is 17.6. The van der Waals surface area contributed by atoms with Gasteiger partial charge in [-0.05, 0) is 91.8 Å². The molecule has 0 radical (unpaired) electrons. The van der Waals surface area contributed by atoms with Gasteiger partial charge >= 0.3 is 0 Å². The number of thiophene rings is 2. The Morgan fingerprint density at radius 3 is 1.80 bits per heavy atom. The van der Waals surface area contributed by atoms with Gasteiger partial charge in [0, 0.05) is 73.6 Å². The van der Waals surface area contributed by atoms with Gasteiger partial charge in [0.15, 0.2) is 0 Å². The molecule has 11 aromatic carbocycles. The van der Waals surface area contributed by atoms with Crippen LogP contribution in [0.2, 0.25) is 0 Å². The molecule has 0 unspecified atom stereocenters. The zero-order valence-electron chi connectivity index (χ0n) is 37.8. The van der Waals surface area contributed by atoms with Crippen molar-refractivity contribution in [3.63, 3.8) is 0 Å². The number of furan rings is 1. The zero-order chi connectivity index (χ0) is 46.1. The van der Waals surface area contributed by atoms with Gasteiger partial charge in [-0.1, -0.05) is 158 Å². The second-order valence-electron chi connectivity index (χ2n) is 18.9. The first kappa shape index (κ1) is 38.1. The van der Waals surface area contributed by atoms with Crippen LogP contribution in [0.25, 0.3) is 161 Å². The number of hydrogen-bond acceptors (Lipinski definition) is 4. The highest BCUT2D eigenvalue weighted by Gasteiger charge is 2.30. The van der Waals surface area contributed by atoms with Gasteiger partial charge < -0.3 is 4.42 Å². The van der Waals surface area contributed by atoms with Crippen LogP contribution in [-0.4, -0.2) is 14.1 Å². The average molecular weight is 938 g/mol. The van der Waals surface area contributed by atoms with Gasteiger partial charge in [-0.2, -0.15) is 0 Å². The fourth-order valence-electron chi connectivity index (χ4n) is 12.4. The molecule has 71 heavy (non-hydrogen) atoms. The zero-order valence-corrected chi connectivity index (χ0v) is 39.4. The van der Waals surface area contributed by atoms with E-state index < -0.39 is 0 Å². The summed E-state index contributed by atoms with van der Waals surface area (Å²) in [6, 6.07) is 76.1. The molecular weight excluding hydrogens is 903 g/mol. The van der Waals surface area contributed by atoms with Crippen LogP contribution < -0.4 is 0 Å². The van der Waals surface area contributed by atoms with Crippen LogP contribution in [-0.2, 0) is 0 Å². The Labute approximate surface area is 412 Å². The number of fused-ring (bicyclic) bond motifs is 22. The summed E-state index contributed by atoms with van der Waals surface area (Å²) in [5.41, 5.74) is 9.33. The van der Waals surface area contributed by atoms with Crippen LogP contribution >= 0.6 is 22.7 Å². The summed E-state index contributed by atoms with van der Waals surface area (Å²) < 4.78 is 17.7. The van der Waals surface area contributed by atoms with Gasteiger partial charge in [0.25, 0.3) is 0 Å². The summed E-state index contributed by atoms with van der Waals surface area (Å²) in [5, 5.41) is 20.6. The van der Waals surface area contributed by atoms with Crippen molar-refractivity contribution < 1.29 is 4.42 Å². The fourth-order valence-corrected chi connectivity index (χ4v) is 14.8. The minimum absolute atomic E-state index is 0.814. The molecule has 17 aromatic rings. The molecule has 0 amide bonds. The molecule has 0 N–H and O–H groups in total. The van der Waals surface area contributed by atoms with Crippen molar-refractivity contribution in [2.24, 2.45) is 0 Å². The smallest absolute Gasteiger partial charge is 0.215 e. The molecule has 17 rings (SSSR count). The number of rotatable bonds is 3. The highest BCUT2D eigenvalue weighted by atomic mass is 32.1. The Kier molecular flexibility index (Phi) is 7.47. The molecule has 6 heteroatoms. The van der Waals surface area contributed by atoms with Crippen LogP contribution in [0.1, 0.15) is 0 Å². The highest BCUT2D eigenvalue weighted by molar-refractivity contribution is 7.26. The summed E-state index contributed by atoms with van der Waals surface area (Å²) in [4.78, 5) is 4.83. The van der Waals surface area contributed by atoms with E-state index in [2.05, 4.69) is 209 Å². The third-order valence-electron chi connectivity index (χ3n) is 15.3. The number of nitrogens with zero attached hydrogens (tertiary/aromatic N) is 3. The van der Waals surface area contributed by atoms with Gasteiger partial charge in [-0.3, -0.25) is 14.1 Å². The molecule has 328 valence electrons. The summed E-state index contributed by atoms with van der Waals surface area (Å²) in [6.45, 7) is 0. The fraction of sp³-hybridized carbons (Fsp3) is 0. The van der Waals surface area contributed by atoms with Gasteiger partial charge in [0.1, 0.15) is 0 Å². The Bertz CT molecular complexity index is 5200. The van der Waals surface area contributed by atoms with E-state index in [1.807, 2.05) is 34.9 Å². The summed E-state index contributed by atoms with van der Waals surface area (Å²) in [6.07, 6.45) is 1.88. The molecule has 0 atom stereocenters. The molecule has 0 aliphatic carbocycles. The Balaban J connectivity index is 1.10. The van der Waals surface area contributed by atoms with Crippen molar-refractivity contribution in [3.8, 4) is 22.5 Å². The molecule has 0 spiro atoms. The lowest BCUT2D eigenvalue weighted by Gasteiger charge is -2.15. The number of pyridine rings is 1. The summed E-state index contributed by atoms with van der Waals surface area (Å²) >= 11 is 3.76. The lowest BCUT2D eigenvalue weighted by atomic mass is 9.93. The molecule has 0 aliphatic rings. The molecule has 6 heterocycles. The molecule has 0 fully saturated rings. The van der Waals surface area contributed by atoms with E-state index in [1.54, 1.807) is 0 Å². The van der Waals surface area contributed by atoms with E-state index >= 15 is 0 Å². The predicted octanol–water partition coefficient (Wildman–Crippen LogP) is 19.0. The van der Waals surface area contributed by atoms with Gasteiger partial charge in [0.2, 0.25) is 11.4 Å². The monoisotopic (exact) mass is 937 g/mol. The first-order valence-corrected chi connectivity index (χ1v) is 25.7.